The molecule has 168 valence electrons. The van der Waals surface area contributed by atoms with Gasteiger partial charge in [0, 0.05) is 11.8 Å². The van der Waals surface area contributed by atoms with Crippen molar-refractivity contribution in [1.29, 1.82) is 5.26 Å². The van der Waals surface area contributed by atoms with Crippen molar-refractivity contribution in [3.63, 3.8) is 0 Å². The third kappa shape index (κ3) is 5.49. The van der Waals surface area contributed by atoms with E-state index in [0.717, 1.165) is 5.56 Å². The van der Waals surface area contributed by atoms with E-state index in [-0.39, 0.29) is 11.3 Å². The predicted molar refractivity (Wildman–Crippen MR) is 121 cm³/mol. The van der Waals surface area contributed by atoms with Crippen LogP contribution in [0.3, 0.4) is 0 Å². The summed E-state index contributed by atoms with van der Waals surface area (Å²) in [5.41, 5.74) is 1.56. The van der Waals surface area contributed by atoms with E-state index in [9.17, 15) is 13.2 Å². The second kappa shape index (κ2) is 9.73. The quantitative estimate of drug-likeness (QED) is 0.556. The molecule has 0 saturated carbocycles. The fraction of sp³-hybridized carbons (Fsp3) is 0.167. The number of fused-ring (bicyclic) bond motifs is 1. The van der Waals surface area contributed by atoms with Crippen molar-refractivity contribution < 1.29 is 22.7 Å². The van der Waals surface area contributed by atoms with E-state index in [2.05, 4.69) is 10.0 Å². The first-order chi connectivity index (χ1) is 15.9. The van der Waals surface area contributed by atoms with E-state index >= 15 is 0 Å². The van der Waals surface area contributed by atoms with Gasteiger partial charge in [0.2, 0.25) is 15.9 Å². The molecule has 0 saturated heterocycles. The lowest BCUT2D eigenvalue weighted by molar-refractivity contribution is -0.117. The van der Waals surface area contributed by atoms with Gasteiger partial charge < -0.3 is 14.8 Å². The van der Waals surface area contributed by atoms with Gasteiger partial charge in [-0.3, -0.25) is 4.79 Å². The molecule has 33 heavy (non-hydrogen) atoms. The van der Waals surface area contributed by atoms with Crippen LogP contribution in [0.4, 0.5) is 5.69 Å². The highest BCUT2D eigenvalue weighted by molar-refractivity contribution is 7.89. The van der Waals surface area contributed by atoms with Gasteiger partial charge in [0.1, 0.15) is 19.3 Å². The molecule has 1 atom stereocenters. The average Bonchev–Trinajstić information content (AvgIpc) is 2.84. The summed E-state index contributed by atoms with van der Waals surface area (Å²) in [7, 11) is -4.06. The summed E-state index contributed by atoms with van der Waals surface area (Å²) in [6.45, 7) is 0.717. The number of carbonyl (C=O) groups is 1. The number of hydrogen-bond acceptors (Lipinski definition) is 6. The first kappa shape index (κ1) is 22.3. The Morgan fingerprint density at radius 3 is 2.48 bits per heavy atom. The van der Waals surface area contributed by atoms with E-state index in [1.165, 1.54) is 24.3 Å². The zero-order chi connectivity index (χ0) is 23.3. The van der Waals surface area contributed by atoms with Crippen molar-refractivity contribution in [3.05, 3.63) is 83.9 Å². The highest BCUT2D eigenvalue weighted by Gasteiger charge is 2.27. The molecular weight excluding hydrogens is 442 g/mol. The van der Waals surface area contributed by atoms with Crippen molar-refractivity contribution in [2.75, 3.05) is 18.5 Å². The minimum atomic E-state index is -4.06. The largest absolute Gasteiger partial charge is 0.486 e. The highest BCUT2D eigenvalue weighted by Crippen LogP contribution is 2.32. The van der Waals surface area contributed by atoms with Gasteiger partial charge in [-0.1, -0.05) is 36.4 Å². The van der Waals surface area contributed by atoms with Crippen molar-refractivity contribution >= 4 is 21.6 Å². The van der Waals surface area contributed by atoms with Crippen molar-refractivity contribution in [3.8, 4) is 17.6 Å². The second-order valence-corrected chi connectivity index (χ2v) is 9.06. The predicted octanol–water partition coefficient (Wildman–Crippen LogP) is 2.86. The molecular formula is C24H21N3O5S. The second-order valence-electron chi connectivity index (χ2n) is 7.35. The Kier molecular flexibility index (Phi) is 6.58. The summed E-state index contributed by atoms with van der Waals surface area (Å²) >= 11 is 0. The number of nitrogens with zero attached hydrogens (tertiary/aromatic N) is 1. The molecule has 0 radical (unpaired) electrons. The van der Waals surface area contributed by atoms with Gasteiger partial charge in [-0.25, -0.2) is 8.42 Å². The molecule has 8 nitrogen and oxygen atoms in total. The van der Waals surface area contributed by atoms with Crippen LogP contribution in [0.5, 0.6) is 11.5 Å². The summed E-state index contributed by atoms with van der Waals surface area (Å²) in [5.74, 6) is 0.257. The van der Waals surface area contributed by atoms with Gasteiger partial charge in [0.15, 0.2) is 11.5 Å². The van der Waals surface area contributed by atoms with Crippen LogP contribution in [0, 0.1) is 11.3 Å². The minimum absolute atomic E-state index is 0.0379. The van der Waals surface area contributed by atoms with E-state index in [0.29, 0.717) is 36.0 Å². The number of sulfonamides is 1. The first-order valence-corrected chi connectivity index (χ1v) is 11.7. The molecule has 0 unspecified atom stereocenters. The number of nitrogens with one attached hydrogen (secondary N) is 2. The number of hydrogen-bond donors (Lipinski definition) is 2. The minimum Gasteiger partial charge on any atom is -0.486 e. The number of nitriles is 1. The molecule has 0 fully saturated rings. The maximum atomic E-state index is 13.1. The molecule has 1 heterocycles. The summed E-state index contributed by atoms with van der Waals surface area (Å²) < 4.78 is 39.7. The number of rotatable bonds is 7. The molecule has 1 aliphatic rings. The normalized spacial score (nSPS) is 13.5. The van der Waals surface area contributed by atoms with Crippen LogP contribution in [0.2, 0.25) is 0 Å². The number of anilines is 1. The number of ether oxygens (including phenoxy) is 2. The Morgan fingerprint density at radius 2 is 1.73 bits per heavy atom. The molecule has 1 aliphatic heterocycles. The zero-order valence-electron chi connectivity index (χ0n) is 17.5. The van der Waals surface area contributed by atoms with Crippen LogP contribution in [-0.4, -0.2) is 33.6 Å². The van der Waals surface area contributed by atoms with Crippen LogP contribution in [-0.2, 0) is 21.2 Å². The summed E-state index contributed by atoms with van der Waals surface area (Å²) in [6.07, 6.45) is 0.133. The standard InChI is InChI=1S/C24H21N3O5S/c25-16-18-7-4-8-19(13-18)26-24(28)21(14-17-5-2-1-3-6-17)27-33(29,30)20-9-10-22-23(15-20)32-12-11-31-22/h1-10,13,15,21,27H,11-12,14H2,(H,26,28)/t21-/m0/s1. The summed E-state index contributed by atoms with van der Waals surface area (Å²) in [5, 5.41) is 11.8. The van der Waals surface area contributed by atoms with Crippen LogP contribution in [0.1, 0.15) is 11.1 Å². The Balaban J connectivity index is 1.60. The molecule has 0 aromatic heterocycles. The molecule has 1 amide bonds. The van der Waals surface area contributed by atoms with Gasteiger partial charge in [-0.2, -0.15) is 9.98 Å². The monoisotopic (exact) mass is 463 g/mol. The lowest BCUT2D eigenvalue weighted by atomic mass is 10.1. The Hall–Kier alpha value is -3.87. The average molecular weight is 464 g/mol. The molecule has 0 aliphatic carbocycles. The fourth-order valence-electron chi connectivity index (χ4n) is 3.38. The van der Waals surface area contributed by atoms with E-state index in [1.54, 1.807) is 18.2 Å². The molecule has 9 heteroatoms. The van der Waals surface area contributed by atoms with Gasteiger partial charge in [0.05, 0.1) is 16.5 Å². The van der Waals surface area contributed by atoms with E-state index < -0.39 is 22.0 Å². The number of carbonyl (C=O) groups excluding carboxylic acids is 1. The van der Waals surface area contributed by atoms with Crippen molar-refractivity contribution in [2.45, 2.75) is 17.4 Å². The smallest absolute Gasteiger partial charge is 0.242 e. The third-order valence-electron chi connectivity index (χ3n) is 4.98. The molecule has 0 spiro atoms. The Labute approximate surface area is 191 Å². The number of benzene rings is 3. The van der Waals surface area contributed by atoms with Gasteiger partial charge in [-0.15, -0.1) is 0 Å². The van der Waals surface area contributed by atoms with Crippen molar-refractivity contribution in [2.24, 2.45) is 0 Å². The lowest BCUT2D eigenvalue weighted by Crippen LogP contribution is -2.45. The molecule has 3 aromatic carbocycles. The highest BCUT2D eigenvalue weighted by atomic mass is 32.2. The summed E-state index contributed by atoms with van der Waals surface area (Å²) in [4.78, 5) is 13.1. The molecule has 4 rings (SSSR count). The maximum absolute atomic E-state index is 13.1. The SMILES string of the molecule is N#Cc1cccc(NC(=O)[C@H](Cc2ccccc2)NS(=O)(=O)c2ccc3c(c2)OCCO3)c1. The Bertz CT molecular complexity index is 1300. The van der Waals surface area contributed by atoms with E-state index in [4.69, 9.17) is 14.7 Å². The molecule has 0 bridgehead atoms. The summed E-state index contributed by atoms with van der Waals surface area (Å²) in [6, 6.07) is 20.7. The lowest BCUT2D eigenvalue weighted by Gasteiger charge is -2.21. The maximum Gasteiger partial charge on any atom is 0.242 e. The fourth-order valence-corrected chi connectivity index (χ4v) is 4.59. The zero-order valence-corrected chi connectivity index (χ0v) is 18.3. The Morgan fingerprint density at radius 1 is 0.970 bits per heavy atom. The van der Waals surface area contributed by atoms with Crippen LogP contribution < -0.4 is 19.5 Å². The number of amides is 1. The van der Waals surface area contributed by atoms with Gasteiger partial charge in [0.25, 0.3) is 0 Å². The third-order valence-corrected chi connectivity index (χ3v) is 6.45. The van der Waals surface area contributed by atoms with Crippen molar-refractivity contribution in [1.82, 2.24) is 4.72 Å². The van der Waals surface area contributed by atoms with Gasteiger partial charge in [-0.05, 0) is 42.3 Å². The van der Waals surface area contributed by atoms with E-state index in [1.807, 2.05) is 36.4 Å². The van der Waals surface area contributed by atoms with Gasteiger partial charge >= 0.3 is 0 Å². The first-order valence-electron chi connectivity index (χ1n) is 10.2. The van der Waals surface area contributed by atoms with Crippen LogP contribution in [0.15, 0.2) is 77.7 Å². The molecule has 2 N–H and O–H groups in total. The van der Waals surface area contributed by atoms with Crippen LogP contribution >= 0.6 is 0 Å². The topological polar surface area (TPSA) is 118 Å². The van der Waals surface area contributed by atoms with Crippen LogP contribution in [0.25, 0.3) is 0 Å². The molecule has 3 aromatic rings.